The molecule has 1 aromatic heterocycles. The van der Waals surface area contributed by atoms with E-state index in [0.717, 1.165) is 0 Å². The number of aromatic nitrogens is 1. The number of nitrogens with two attached hydrogens (primary N) is 1. The Labute approximate surface area is 85.1 Å². The third kappa shape index (κ3) is 2.20. The molecule has 0 aliphatic carbocycles. The quantitative estimate of drug-likeness (QED) is 0.641. The molecule has 0 fully saturated rings. The minimum atomic E-state index is -1.67. The molecule has 0 saturated carbocycles. The minimum absolute atomic E-state index is 0.167. The molecule has 1 rings (SSSR count). The highest BCUT2D eigenvalue weighted by Gasteiger charge is 2.24. The van der Waals surface area contributed by atoms with E-state index in [1.54, 1.807) is 0 Å². The summed E-state index contributed by atoms with van der Waals surface area (Å²) in [6, 6.07) is 1.40. The fraction of sp³-hybridized carbons (Fsp3) is 0.250. The highest BCUT2D eigenvalue weighted by molar-refractivity contribution is 6.31. The van der Waals surface area contributed by atoms with Crippen LogP contribution < -0.4 is 5.73 Å². The first-order valence-electron chi connectivity index (χ1n) is 3.79. The number of rotatable bonds is 3. The van der Waals surface area contributed by atoms with Crippen LogP contribution in [0, 0.1) is 0 Å². The SMILES string of the molecule is NC(=O)C(O)C(O)c1ccncc1Cl. The Kier molecular flexibility index (Phi) is 3.40. The number of carbonyl (C=O) groups is 1. The van der Waals surface area contributed by atoms with Crippen molar-refractivity contribution in [2.45, 2.75) is 12.2 Å². The summed E-state index contributed by atoms with van der Waals surface area (Å²) in [5.41, 5.74) is 5.03. The van der Waals surface area contributed by atoms with Crippen LogP contribution in [0.25, 0.3) is 0 Å². The Bertz CT molecular complexity index is 345. The molecule has 0 aromatic carbocycles. The van der Waals surface area contributed by atoms with E-state index in [4.69, 9.17) is 22.4 Å². The number of nitrogens with zero attached hydrogens (tertiary/aromatic N) is 1. The molecule has 1 amide bonds. The Morgan fingerprint density at radius 1 is 1.57 bits per heavy atom. The summed E-state index contributed by atoms with van der Waals surface area (Å²) in [6.07, 6.45) is -0.413. The van der Waals surface area contributed by atoms with E-state index in [0.29, 0.717) is 0 Å². The molecule has 14 heavy (non-hydrogen) atoms. The summed E-state index contributed by atoms with van der Waals surface area (Å²) in [7, 11) is 0. The second-order valence-corrected chi connectivity index (χ2v) is 3.10. The topological polar surface area (TPSA) is 96.4 Å². The molecule has 0 bridgehead atoms. The van der Waals surface area contributed by atoms with Crippen LogP contribution in [-0.2, 0) is 4.79 Å². The smallest absolute Gasteiger partial charge is 0.249 e. The van der Waals surface area contributed by atoms with Gasteiger partial charge in [0.25, 0.3) is 0 Å². The van der Waals surface area contributed by atoms with Crippen molar-refractivity contribution in [2.24, 2.45) is 5.73 Å². The summed E-state index contributed by atoms with van der Waals surface area (Å²) in [4.78, 5) is 14.3. The third-order valence-corrected chi connectivity index (χ3v) is 2.03. The van der Waals surface area contributed by atoms with Gasteiger partial charge < -0.3 is 15.9 Å². The zero-order valence-corrected chi connectivity index (χ0v) is 7.85. The van der Waals surface area contributed by atoms with E-state index in [9.17, 15) is 9.90 Å². The van der Waals surface area contributed by atoms with E-state index in [1.807, 2.05) is 0 Å². The van der Waals surface area contributed by atoms with E-state index in [2.05, 4.69) is 4.98 Å². The Morgan fingerprint density at radius 3 is 2.71 bits per heavy atom. The van der Waals surface area contributed by atoms with E-state index in [1.165, 1.54) is 18.5 Å². The van der Waals surface area contributed by atoms with Gasteiger partial charge in [-0.3, -0.25) is 9.78 Å². The van der Waals surface area contributed by atoms with Gasteiger partial charge in [0, 0.05) is 18.0 Å². The molecule has 2 atom stereocenters. The summed E-state index contributed by atoms with van der Waals surface area (Å²) >= 11 is 5.68. The molecule has 2 unspecified atom stereocenters. The number of primary amides is 1. The lowest BCUT2D eigenvalue weighted by molar-refractivity contribution is -0.131. The fourth-order valence-electron chi connectivity index (χ4n) is 0.951. The van der Waals surface area contributed by atoms with Crippen molar-refractivity contribution < 1.29 is 15.0 Å². The molecule has 1 heterocycles. The van der Waals surface area contributed by atoms with Gasteiger partial charge in [0.15, 0.2) is 6.10 Å². The molecule has 76 valence electrons. The van der Waals surface area contributed by atoms with Gasteiger partial charge in [-0.25, -0.2) is 0 Å². The van der Waals surface area contributed by atoms with Gasteiger partial charge in [-0.05, 0) is 6.07 Å². The number of carbonyl (C=O) groups excluding carboxylic acids is 1. The Morgan fingerprint density at radius 2 is 2.21 bits per heavy atom. The van der Waals surface area contributed by atoms with Crippen molar-refractivity contribution in [1.82, 2.24) is 4.98 Å². The van der Waals surface area contributed by atoms with Crippen LogP contribution in [0.4, 0.5) is 0 Å². The fourth-order valence-corrected chi connectivity index (χ4v) is 1.18. The first kappa shape index (κ1) is 10.9. The number of pyridine rings is 1. The highest BCUT2D eigenvalue weighted by Crippen LogP contribution is 2.23. The van der Waals surface area contributed by atoms with E-state index < -0.39 is 18.1 Å². The lowest BCUT2D eigenvalue weighted by Gasteiger charge is -2.15. The normalized spacial score (nSPS) is 14.8. The number of halogens is 1. The summed E-state index contributed by atoms with van der Waals surface area (Å²) < 4.78 is 0. The summed E-state index contributed by atoms with van der Waals surface area (Å²) in [5.74, 6) is -1.01. The summed E-state index contributed by atoms with van der Waals surface area (Å²) in [5, 5.41) is 18.8. The minimum Gasteiger partial charge on any atom is -0.385 e. The zero-order valence-electron chi connectivity index (χ0n) is 7.09. The monoisotopic (exact) mass is 216 g/mol. The van der Waals surface area contributed by atoms with Gasteiger partial charge in [-0.1, -0.05) is 11.6 Å². The van der Waals surface area contributed by atoms with Crippen LogP contribution in [0.3, 0.4) is 0 Å². The lowest BCUT2D eigenvalue weighted by atomic mass is 10.1. The second-order valence-electron chi connectivity index (χ2n) is 2.69. The van der Waals surface area contributed by atoms with Gasteiger partial charge >= 0.3 is 0 Å². The number of hydrogen-bond acceptors (Lipinski definition) is 4. The standard InChI is InChI=1S/C8H9ClN2O3/c9-5-3-11-2-1-4(5)6(12)7(13)8(10)14/h1-3,6-7,12-13H,(H2,10,14). The molecule has 0 aliphatic rings. The molecule has 0 radical (unpaired) electrons. The molecular formula is C8H9ClN2O3. The van der Waals surface area contributed by atoms with Crippen LogP contribution in [0.15, 0.2) is 18.5 Å². The lowest BCUT2D eigenvalue weighted by Crippen LogP contribution is -2.33. The van der Waals surface area contributed by atoms with Gasteiger partial charge in [-0.15, -0.1) is 0 Å². The average molecular weight is 217 g/mol. The molecule has 0 spiro atoms. The largest absolute Gasteiger partial charge is 0.385 e. The van der Waals surface area contributed by atoms with Crippen molar-refractivity contribution in [3.63, 3.8) is 0 Å². The Hall–Kier alpha value is -1.17. The average Bonchev–Trinajstić information content (AvgIpc) is 2.16. The van der Waals surface area contributed by atoms with Crippen LogP contribution in [0.1, 0.15) is 11.7 Å². The maximum atomic E-state index is 10.6. The Balaban J connectivity index is 2.94. The first-order valence-corrected chi connectivity index (χ1v) is 4.16. The zero-order chi connectivity index (χ0) is 10.7. The number of hydrogen-bond donors (Lipinski definition) is 3. The number of amides is 1. The molecular weight excluding hydrogens is 208 g/mol. The van der Waals surface area contributed by atoms with Crippen molar-refractivity contribution >= 4 is 17.5 Å². The van der Waals surface area contributed by atoms with Crippen LogP contribution in [0.2, 0.25) is 5.02 Å². The van der Waals surface area contributed by atoms with Crippen LogP contribution in [0.5, 0.6) is 0 Å². The van der Waals surface area contributed by atoms with Gasteiger partial charge in [-0.2, -0.15) is 0 Å². The maximum absolute atomic E-state index is 10.6. The summed E-state index contributed by atoms with van der Waals surface area (Å²) in [6.45, 7) is 0. The van der Waals surface area contributed by atoms with Gasteiger partial charge in [0.05, 0.1) is 5.02 Å². The van der Waals surface area contributed by atoms with Gasteiger partial charge in [0.1, 0.15) is 6.10 Å². The molecule has 5 nitrogen and oxygen atoms in total. The number of aliphatic hydroxyl groups excluding tert-OH is 2. The van der Waals surface area contributed by atoms with Crippen LogP contribution in [-0.4, -0.2) is 27.2 Å². The number of aliphatic hydroxyl groups is 2. The molecule has 6 heteroatoms. The first-order chi connectivity index (χ1) is 6.54. The predicted molar refractivity (Wildman–Crippen MR) is 49.4 cm³/mol. The molecule has 1 aromatic rings. The predicted octanol–water partition coefficient (Wildman–Crippen LogP) is -0.385. The molecule has 4 N–H and O–H groups in total. The van der Waals surface area contributed by atoms with Crippen molar-refractivity contribution in [3.8, 4) is 0 Å². The van der Waals surface area contributed by atoms with Gasteiger partial charge in [0.2, 0.25) is 5.91 Å². The van der Waals surface area contributed by atoms with Crippen molar-refractivity contribution in [3.05, 3.63) is 29.0 Å². The van der Waals surface area contributed by atoms with Crippen molar-refractivity contribution in [2.75, 3.05) is 0 Å². The molecule has 0 saturated heterocycles. The van der Waals surface area contributed by atoms with E-state index in [-0.39, 0.29) is 10.6 Å². The maximum Gasteiger partial charge on any atom is 0.249 e. The van der Waals surface area contributed by atoms with Crippen LogP contribution >= 0.6 is 11.6 Å². The molecule has 0 aliphatic heterocycles. The second kappa shape index (κ2) is 4.36. The van der Waals surface area contributed by atoms with Crippen molar-refractivity contribution in [1.29, 1.82) is 0 Å². The third-order valence-electron chi connectivity index (χ3n) is 1.71. The van der Waals surface area contributed by atoms with E-state index >= 15 is 0 Å². The highest BCUT2D eigenvalue weighted by atomic mass is 35.5.